The van der Waals surface area contributed by atoms with Gasteiger partial charge in [0.25, 0.3) is 5.91 Å². The van der Waals surface area contributed by atoms with Gasteiger partial charge in [-0.05, 0) is 49.4 Å². The summed E-state index contributed by atoms with van der Waals surface area (Å²) in [4.78, 5) is 27.9. The van der Waals surface area contributed by atoms with E-state index in [0.29, 0.717) is 18.7 Å². The lowest BCUT2D eigenvalue weighted by Gasteiger charge is -2.32. The molecule has 3 aromatic rings. The van der Waals surface area contributed by atoms with E-state index in [4.69, 9.17) is 4.74 Å². The molecule has 1 N–H and O–H groups in total. The number of carbonyl (C=O) groups is 2. The average molecular weight is 402 g/mol. The highest BCUT2D eigenvalue weighted by molar-refractivity contribution is 6.08. The summed E-state index contributed by atoms with van der Waals surface area (Å²) in [7, 11) is 1.63. The molecule has 0 aromatic heterocycles. The molecule has 5 heteroatoms. The number of amides is 2. The van der Waals surface area contributed by atoms with Crippen molar-refractivity contribution in [3.8, 4) is 5.75 Å². The van der Waals surface area contributed by atoms with Gasteiger partial charge in [0.15, 0.2) is 0 Å². The van der Waals surface area contributed by atoms with Crippen molar-refractivity contribution in [2.45, 2.75) is 19.8 Å². The highest BCUT2D eigenvalue weighted by Crippen LogP contribution is 2.30. The van der Waals surface area contributed by atoms with Gasteiger partial charge in [-0.3, -0.25) is 9.59 Å². The Balaban J connectivity index is 1.52. The third-order valence-electron chi connectivity index (χ3n) is 5.73. The minimum absolute atomic E-state index is 0.0315. The number of hydrogen-bond donors (Lipinski definition) is 1. The van der Waals surface area contributed by atoms with Crippen LogP contribution in [0.25, 0.3) is 10.8 Å². The molecule has 4 rings (SSSR count). The maximum atomic E-state index is 13.3. The third-order valence-corrected chi connectivity index (χ3v) is 5.73. The number of nitrogens with one attached hydrogen (secondary N) is 1. The molecular weight excluding hydrogens is 376 g/mol. The number of methoxy groups -OCH3 is 1. The number of piperidine rings is 1. The van der Waals surface area contributed by atoms with Crippen molar-refractivity contribution in [2.75, 3.05) is 25.5 Å². The quantitative estimate of drug-likeness (QED) is 0.691. The molecule has 3 aromatic carbocycles. The highest BCUT2D eigenvalue weighted by atomic mass is 16.5. The van der Waals surface area contributed by atoms with E-state index in [1.54, 1.807) is 12.0 Å². The second-order valence-corrected chi connectivity index (χ2v) is 7.81. The summed E-state index contributed by atoms with van der Waals surface area (Å²) in [5.41, 5.74) is 2.58. The van der Waals surface area contributed by atoms with Crippen LogP contribution in [0.4, 0.5) is 5.69 Å². The van der Waals surface area contributed by atoms with Gasteiger partial charge in [0.2, 0.25) is 5.91 Å². The van der Waals surface area contributed by atoms with Crippen molar-refractivity contribution in [3.05, 3.63) is 71.8 Å². The molecule has 1 heterocycles. The van der Waals surface area contributed by atoms with E-state index < -0.39 is 0 Å². The summed E-state index contributed by atoms with van der Waals surface area (Å²) < 4.78 is 5.44. The van der Waals surface area contributed by atoms with Crippen LogP contribution in [0.1, 0.15) is 28.8 Å². The van der Waals surface area contributed by atoms with Crippen LogP contribution in [0.5, 0.6) is 5.75 Å². The molecule has 0 bridgehead atoms. The molecule has 1 atom stereocenters. The fraction of sp³-hybridized carbons (Fsp3) is 0.280. The van der Waals surface area contributed by atoms with Crippen LogP contribution in [0.2, 0.25) is 0 Å². The van der Waals surface area contributed by atoms with E-state index in [-0.39, 0.29) is 17.7 Å². The predicted octanol–water partition coefficient (Wildman–Crippen LogP) is 4.65. The van der Waals surface area contributed by atoms with Crippen molar-refractivity contribution < 1.29 is 14.3 Å². The monoisotopic (exact) mass is 402 g/mol. The Morgan fingerprint density at radius 2 is 1.73 bits per heavy atom. The van der Waals surface area contributed by atoms with Gasteiger partial charge in [-0.15, -0.1) is 0 Å². The van der Waals surface area contributed by atoms with Crippen molar-refractivity contribution >= 4 is 28.3 Å². The molecule has 1 saturated heterocycles. The lowest BCUT2D eigenvalue weighted by Crippen LogP contribution is -2.43. The Morgan fingerprint density at radius 3 is 2.47 bits per heavy atom. The maximum absolute atomic E-state index is 13.3. The van der Waals surface area contributed by atoms with Gasteiger partial charge in [-0.25, -0.2) is 0 Å². The van der Waals surface area contributed by atoms with E-state index in [1.807, 2.05) is 67.6 Å². The van der Waals surface area contributed by atoms with E-state index in [0.717, 1.165) is 40.6 Å². The van der Waals surface area contributed by atoms with Crippen LogP contribution in [0.15, 0.2) is 60.7 Å². The number of nitrogens with zero attached hydrogens (tertiary/aromatic N) is 1. The number of ether oxygens (including phenoxy) is 1. The van der Waals surface area contributed by atoms with Gasteiger partial charge in [0, 0.05) is 29.7 Å². The van der Waals surface area contributed by atoms with Crippen LogP contribution in [-0.4, -0.2) is 36.9 Å². The summed E-state index contributed by atoms with van der Waals surface area (Å²) in [6.45, 7) is 3.10. The van der Waals surface area contributed by atoms with Crippen molar-refractivity contribution in [1.82, 2.24) is 4.90 Å². The number of aryl methyl sites for hydroxylation is 1. The number of fused-ring (bicyclic) bond motifs is 1. The number of likely N-dealkylation sites (tertiary alicyclic amines) is 1. The molecule has 1 fully saturated rings. The first-order chi connectivity index (χ1) is 14.6. The maximum Gasteiger partial charge on any atom is 0.254 e. The largest absolute Gasteiger partial charge is 0.496 e. The van der Waals surface area contributed by atoms with Crippen LogP contribution in [0.3, 0.4) is 0 Å². The molecule has 154 valence electrons. The van der Waals surface area contributed by atoms with Crippen LogP contribution in [-0.2, 0) is 4.79 Å². The van der Waals surface area contributed by atoms with Gasteiger partial charge in [0.1, 0.15) is 5.75 Å². The molecule has 2 amide bonds. The molecule has 0 spiro atoms. The van der Waals surface area contributed by atoms with Crippen molar-refractivity contribution in [3.63, 3.8) is 0 Å². The summed E-state index contributed by atoms with van der Waals surface area (Å²) in [5, 5.41) is 4.77. The Bertz CT molecular complexity index is 1080. The van der Waals surface area contributed by atoms with Gasteiger partial charge < -0.3 is 15.0 Å². The first kappa shape index (κ1) is 20.0. The second kappa shape index (κ2) is 8.57. The Morgan fingerprint density at radius 1 is 1.00 bits per heavy atom. The predicted molar refractivity (Wildman–Crippen MR) is 119 cm³/mol. The smallest absolute Gasteiger partial charge is 0.254 e. The number of rotatable bonds is 4. The van der Waals surface area contributed by atoms with Crippen LogP contribution >= 0.6 is 0 Å². The molecular formula is C25H26N2O3. The summed E-state index contributed by atoms with van der Waals surface area (Å²) in [6, 6.07) is 19.2. The zero-order valence-electron chi connectivity index (χ0n) is 17.4. The molecule has 5 nitrogen and oxygen atoms in total. The number of benzene rings is 3. The lowest BCUT2D eigenvalue weighted by molar-refractivity contribution is -0.121. The molecule has 0 radical (unpaired) electrons. The first-order valence-electron chi connectivity index (χ1n) is 10.3. The van der Waals surface area contributed by atoms with Crippen molar-refractivity contribution in [1.29, 1.82) is 0 Å². The second-order valence-electron chi connectivity index (χ2n) is 7.81. The van der Waals surface area contributed by atoms with E-state index in [1.165, 1.54) is 0 Å². The fourth-order valence-electron chi connectivity index (χ4n) is 4.06. The number of hydrogen-bond acceptors (Lipinski definition) is 3. The summed E-state index contributed by atoms with van der Waals surface area (Å²) in [6.07, 6.45) is 1.59. The Hall–Kier alpha value is -3.34. The normalized spacial score (nSPS) is 16.3. The topological polar surface area (TPSA) is 58.6 Å². The van der Waals surface area contributed by atoms with E-state index in [2.05, 4.69) is 5.32 Å². The minimum atomic E-state index is -0.214. The SMILES string of the molecule is COc1ccc(C(=O)N2CCC[C@H](C(=O)Nc3ccc(C)cc3)C2)c2ccccc12. The molecule has 1 aliphatic rings. The summed E-state index contributed by atoms with van der Waals surface area (Å²) in [5.74, 6) is 0.460. The Kier molecular flexibility index (Phi) is 5.70. The lowest BCUT2D eigenvalue weighted by atomic mass is 9.95. The van der Waals surface area contributed by atoms with Crippen molar-refractivity contribution in [2.24, 2.45) is 5.92 Å². The van der Waals surface area contributed by atoms with Gasteiger partial charge in [-0.1, -0.05) is 42.0 Å². The Labute approximate surface area is 176 Å². The van der Waals surface area contributed by atoms with Gasteiger partial charge in [0.05, 0.1) is 13.0 Å². The van der Waals surface area contributed by atoms with E-state index >= 15 is 0 Å². The van der Waals surface area contributed by atoms with Gasteiger partial charge in [-0.2, -0.15) is 0 Å². The molecule has 0 unspecified atom stereocenters. The highest BCUT2D eigenvalue weighted by Gasteiger charge is 2.29. The number of carbonyl (C=O) groups excluding carboxylic acids is 2. The third kappa shape index (κ3) is 4.01. The molecule has 30 heavy (non-hydrogen) atoms. The zero-order chi connectivity index (χ0) is 21.1. The molecule has 1 aliphatic heterocycles. The zero-order valence-corrected chi connectivity index (χ0v) is 17.4. The van der Waals surface area contributed by atoms with E-state index in [9.17, 15) is 9.59 Å². The average Bonchev–Trinajstić information content (AvgIpc) is 2.79. The standard InChI is InChI=1S/C25H26N2O3/c1-17-9-11-19(12-10-17)26-24(28)18-6-5-15-27(16-18)25(29)22-13-14-23(30-2)21-8-4-3-7-20(21)22/h3-4,7-14,18H,5-6,15-16H2,1-2H3,(H,26,28)/t18-/m0/s1. The van der Waals surface area contributed by atoms with Crippen LogP contribution in [0, 0.1) is 12.8 Å². The molecule has 0 saturated carbocycles. The molecule has 0 aliphatic carbocycles. The van der Waals surface area contributed by atoms with Crippen LogP contribution < -0.4 is 10.1 Å². The first-order valence-corrected chi connectivity index (χ1v) is 10.3. The number of anilines is 1. The minimum Gasteiger partial charge on any atom is -0.496 e. The summed E-state index contributed by atoms with van der Waals surface area (Å²) >= 11 is 0. The fourth-order valence-corrected chi connectivity index (χ4v) is 4.06. The van der Waals surface area contributed by atoms with Gasteiger partial charge >= 0.3 is 0 Å².